The average molecular weight is 348 g/mol. The van der Waals surface area contributed by atoms with Gasteiger partial charge in [0.1, 0.15) is 0 Å². The highest BCUT2D eigenvalue weighted by Crippen LogP contribution is 2.31. The molecule has 0 aromatic heterocycles. The molecule has 0 radical (unpaired) electrons. The van der Waals surface area contributed by atoms with E-state index < -0.39 is 11.5 Å². The second kappa shape index (κ2) is 6.31. The van der Waals surface area contributed by atoms with Gasteiger partial charge in [-0.15, -0.1) is 0 Å². The van der Waals surface area contributed by atoms with E-state index in [9.17, 15) is 9.90 Å². The summed E-state index contributed by atoms with van der Waals surface area (Å²) in [6.07, 6.45) is 0.442. The second-order valence-corrected chi connectivity index (χ2v) is 5.98. The minimum Gasteiger partial charge on any atom is -0.479 e. The summed E-state index contributed by atoms with van der Waals surface area (Å²) in [7, 11) is 0. The Morgan fingerprint density at radius 2 is 1.90 bits per heavy atom. The number of hydrogen-bond acceptors (Lipinski definition) is 2. The maximum Gasteiger partial charge on any atom is 0.334 e. The highest BCUT2D eigenvalue weighted by molar-refractivity contribution is 9.10. The fourth-order valence-electron chi connectivity index (χ4n) is 2.34. The lowest BCUT2D eigenvalue weighted by Gasteiger charge is -2.31. The van der Waals surface area contributed by atoms with Crippen molar-refractivity contribution in [2.24, 2.45) is 0 Å². The first-order valence-corrected chi connectivity index (χ1v) is 7.61. The highest BCUT2D eigenvalue weighted by Gasteiger charge is 2.38. The number of aryl methyl sites for hydroxylation is 1. The molecule has 2 aromatic rings. The van der Waals surface area contributed by atoms with Gasteiger partial charge in [-0.25, -0.2) is 4.79 Å². The lowest BCUT2D eigenvalue weighted by atomic mass is 9.86. The molecule has 0 bridgehead atoms. The molecule has 110 valence electrons. The van der Waals surface area contributed by atoms with Gasteiger partial charge in [-0.3, -0.25) is 0 Å². The molecule has 0 heterocycles. The fraction of sp³-hybridized carbons (Fsp3) is 0.235. The molecule has 0 aliphatic carbocycles. The van der Waals surface area contributed by atoms with Crippen LogP contribution >= 0.6 is 15.9 Å². The third-order valence-electron chi connectivity index (χ3n) is 3.62. The van der Waals surface area contributed by atoms with Crippen molar-refractivity contribution in [3.05, 3.63) is 64.1 Å². The van der Waals surface area contributed by atoms with Crippen LogP contribution in [-0.4, -0.2) is 11.1 Å². The van der Waals surface area contributed by atoms with E-state index in [2.05, 4.69) is 21.2 Å². The molecule has 1 atom stereocenters. The zero-order chi connectivity index (χ0) is 15.5. The lowest BCUT2D eigenvalue weighted by Crippen LogP contribution is -2.43. The fourth-order valence-corrected chi connectivity index (χ4v) is 2.74. The minimum absolute atomic E-state index is 0.442. The molecule has 0 saturated heterocycles. The Kier molecular flexibility index (Phi) is 4.68. The van der Waals surface area contributed by atoms with E-state index in [-0.39, 0.29) is 0 Å². The Hall–Kier alpha value is -1.81. The van der Waals surface area contributed by atoms with Gasteiger partial charge in [-0.05, 0) is 37.1 Å². The van der Waals surface area contributed by atoms with Crippen molar-refractivity contribution in [1.29, 1.82) is 0 Å². The quantitative estimate of drug-likeness (QED) is 0.833. The van der Waals surface area contributed by atoms with Gasteiger partial charge in [-0.2, -0.15) is 0 Å². The van der Waals surface area contributed by atoms with Gasteiger partial charge in [0, 0.05) is 10.2 Å². The molecular weight excluding hydrogens is 330 g/mol. The van der Waals surface area contributed by atoms with Gasteiger partial charge in [0.05, 0.1) is 0 Å². The molecule has 2 aromatic carbocycles. The molecule has 4 heteroatoms. The Morgan fingerprint density at radius 1 is 1.24 bits per heavy atom. The number of carbonyl (C=O) groups is 1. The topological polar surface area (TPSA) is 49.3 Å². The van der Waals surface area contributed by atoms with Crippen molar-refractivity contribution in [2.75, 3.05) is 5.32 Å². The molecule has 0 spiro atoms. The van der Waals surface area contributed by atoms with Gasteiger partial charge in [-0.1, -0.05) is 58.7 Å². The smallest absolute Gasteiger partial charge is 0.334 e. The number of anilines is 1. The van der Waals surface area contributed by atoms with Crippen LogP contribution < -0.4 is 5.32 Å². The number of hydrogen-bond donors (Lipinski definition) is 2. The standard InChI is InChI=1S/C17H18BrNO2/c1-3-17(16(20)21,13-9-7-12(2)8-10-13)19-15-6-4-5-14(18)11-15/h4-11,19H,3H2,1-2H3,(H,20,21). The maximum atomic E-state index is 12.0. The number of halogens is 1. The lowest BCUT2D eigenvalue weighted by molar-refractivity contribution is -0.142. The Bertz CT molecular complexity index is 639. The molecule has 2 rings (SSSR count). The number of aliphatic carboxylic acids is 1. The zero-order valence-corrected chi connectivity index (χ0v) is 13.6. The van der Waals surface area contributed by atoms with E-state index in [4.69, 9.17) is 0 Å². The van der Waals surface area contributed by atoms with E-state index in [1.54, 1.807) is 0 Å². The van der Waals surface area contributed by atoms with Gasteiger partial charge in [0.2, 0.25) is 0 Å². The van der Waals surface area contributed by atoms with Crippen LogP contribution in [0, 0.1) is 6.92 Å². The molecule has 2 N–H and O–H groups in total. The summed E-state index contributed by atoms with van der Waals surface area (Å²) >= 11 is 3.41. The molecular formula is C17H18BrNO2. The van der Waals surface area contributed by atoms with Gasteiger partial charge in [0.25, 0.3) is 0 Å². The van der Waals surface area contributed by atoms with Crippen molar-refractivity contribution >= 4 is 27.6 Å². The van der Waals surface area contributed by atoms with E-state index in [1.807, 2.05) is 62.4 Å². The van der Waals surface area contributed by atoms with Crippen molar-refractivity contribution in [3.63, 3.8) is 0 Å². The monoisotopic (exact) mass is 347 g/mol. The Morgan fingerprint density at radius 3 is 2.43 bits per heavy atom. The third kappa shape index (κ3) is 3.27. The summed E-state index contributed by atoms with van der Waals surface area (Å²) in [6, 6.07) is 15.1. The van der Waals surface area contributed by atoms with Gasteiger partial charge in [0.15, 0.2) is 5.54 Å². The average Bonchev–Trinajstić information content (AvgIpc) is 2.45. The van der Waals surface area contributed by atoms with Crippen LogP contribution in [0.1, 0.15) is 24.5 Å². The van der Waals surface area contributed by atoms with Crippen LogP contribution in [0.25, 0.3) is 0 Å². The second-order valence-electron chi connectivity index (χ2n) is 5.07. The van der Waals surface area contributed by atoms with Crippen LogP contribution in [0.5, 0.6) is 0 Å². The van der Waals surface area contributed by atoms with E-state index in [1.165, 1.54) is 0 Å². The molecule has 0 saturated carbocycles. The summed E-state index contributed by atoms with van der Waals surface area (Å²) < 4.78 is 0.909. The minimum atomic E-state index is -1.13. The predicted octanol–water partition coefficient (Wildman–Crippen LogP) is 4.56. The normalized spacial score (nSPS) is 13.5. The predicted molar refractivity (Wildman–Crippen MR) is 88.5 cm³/mol. The van der Waals surface area contributed by atoms with Crippen LogP contribution in [0.4, 0.5) is 5.69 Å². The number of benzene rings is 2. The highest BCUT2D eigenvalue weighted by atomic mass is 79.9. The van der Waals surface area contributed by atoms with Crippen LogP contribution in [0.15, 0.2) is 53.0 Å². The van der Waals surface area contributed by atoms with Crippen molar-refractivity contribution < 1.29 is 9.90 Å². The van der Waals surface area contributed by atoms with E-state index in [0.717, 1.165) is 21.3 Å². The first-order chi connectivity index (χ1) is 9.98. The summed E-state index contributed by atoms with van der Waals surface area (Å²) in [5, 5.41) is 13.0. The SMILES string of the molecule is CCC(Nc1cccc(Br)c1)(C(=O)O)c1ccc(C)cc1. The summed E-state index contributed by atoms with van der Waals surface area (Å²) in [6.45, 7) is 3.86. The van der Waals surface area contributed by atoms with Gasteiger partial charge < -0.3 is 10.4 Å². The van der Waals surface area contributed by atoms with Crippen molar-refractivity contribution in [3.8, 4) is 0 Å². The molecule has 0 amide bonds. The van der Waals surface area contributed by atoms with Crippen LogP contribution in [-0.2, 0) is 10.3 Å². The number of nitrogens with one attached hydrogen (secondary N) is 1. The molecule has 21 heavy (non-hydrogen) atoms. The summed E-state index contributed by atoms with van der Waals surface area (Å²) in [5.74, 6) is -0.881. The van der Waals surface area contributed by atoms with Crippen LogP contribution in [0.3, 0.4) is 0 Å². The first-order valence-electron chi connectivity index (χ1n) is 6.82. The van der Waals surface area contributed by atoms with E-state index >= 15 is 0 Å². The molecule has 0 fully saturated rings. The molecule has 3 nitrogen and oxygen atoms in total. The number of rotatable bonds is 5. The largest absolute Gasteiger partial charge is 0.479 e. The molecule has 0 aliphatic heterocycles. The van der Waals surface area contributed by atoms with Crippen molar-refractivity contribution in [2.45, 2.75) is 25.8 Å². The number of carboxylic acids is 1. The van der Waals surface area contributed by atoms with Gasteiger partial charge >= 0.3 is 5.97 Å². The third-order valence-corrected chi connectivity index (χ3v) is 4.12. The summed E-state index contributed by atoms with van der Waals surface area (Å²) in [4.78, 5) is 12.0. The number of carboxylic acid groups (broad SMARTS) is 1. The maximum absolute atomic E-state index is 12.0. The summed E-state index contributed by atoms with van der Waals surface area (Å²) in [5.41, 5.74) is 1.50. The van der Waals surface area contributed by atoms with Crippen molar-refractivity contribution in [1.82, 2.24) is 0 Å². The Balaban J connectivity index is 2.46. The zero-order valence-electron chi connectivity index (χ0n) is 12.1. The first kappa shape index (κ1) is 15.6. The molecule has 1 unspecified atom stereocenters. The Labute approximate surface area is 133 Å². The van der Waals surface area contributed by atoms with Crippen LogP contribution in [0.2, 0.25) is 0 Å². The molecule has 0 aliphatic rings. The van der Waals surface area contributed by atoms with E-state index in [0.29, 0.717) is 6.42 Å².